The van der Waals surface area contributed by atoms with E-state index < -0.39 is 0 Å². The van der Waals surface area contributed by atoms with Crippen molar-refractivity contribution in [2.24, 2.45) is 17.8 Å². The molecule has 0 aromatic rings. The first-order valence-electron chi connectivity index (χ1n) is 8.16. The average Bonchev–Trinajstić information content (AvgIpc) is 2.42. The Morgan fingerprint density at radius 3 is 2.58 bits per heavy atom. The van der Waals surface area contributed by atoms with Crippen molar-refractivity contribution < 1.29 is 10.2 Å². The Morgan fingerprint density at radius 1 is 1.05 bits per heavy atom. The number of fused-ring (bicyclic) bond motifs is 1. The molecule has 0 radical (unpaired) electrons. The predicted molar refractivity (Wildman–Crippen MR) is 82.2 cm³/mol. The number of aliphatic hydroxyl groups is 2. The van der Waals surface area contributed by atoms with Crippen molar-refractivity contribution >= 4 is 11.8 Å². The second kappa shape index (κ2) is 7.90. The molecule has 2 fully saturated rings. The molecule has 19 heavy (non-hydrogen) atoms. The summed E-state index contributed by atoms with van der Waals surface area (Å²) >= 11 is 1.59. The van der Waals surface area contributed by atoms with E-state index in [-0.39, 0.29) is 11.5 Å². The minimum atomic E-state index is -0.269. The molecule has 2 rings (SSSR count). The molecule has 0 aliphatic heterocycles. The van der Waals surface area contributed by atoms with Gasteiger partial charge in [0.15, 0.2) is 0 Å². The minimum Gasteiger partial charge on any atom is -0.393 e. The largest absolute Gasteiger partial charge is 0.393 e. The molecular formula is C16H30O2S. The summed E-state index contributed by atoms with van der Waals surface area (Å²) < 4.78 is 0. The van der Waals surface area contributed by atoms with Crippen LogP contribution in [0.2, 0.25) is 0 Å². The fraction of sp³-hybridized carbons (Fsp3) is 1.00. The fourth-order valence-electron chi connectivity index (χ4n) is 4.23. The van der Waals surface area contributed by atoms with Crippen LogP contribution in [0, 0.1) is 17.8 Å². The maximum Gasteiger partial charge on any atom is 0.0964 e. The van der Waals surface area contributed by atoms with Crippen molar-refractivity contribution in [1.82, 2.24) is 0 Å². The first kappa shape index (κ1) is 15.7. The lowest BCUT2D eigenvalue weighted by Gasteiger charge is -2.43. The number of hydrogen-bond acceptors (Lipinski definition) is 3. The maximum atomic E-state index is 10.5. The third kappa shape index (κ3) is 4.64. The summed E-state index contributed by atoms with van der Waals surface area (Å²) in [6.45, 7) is 1.81. The fourth-order valence-corrected chi connectivity index (χ4v) is 4.90. The van der Waals surface area contributed by atoms with E-state index in [0.717, 1.165) is 30.4 Å². The van der Waals surface area contributed by atoms with Crippen LogP contribution in [0.5, 0.6) is 0 Å². The van der Waals surface area contributed by atoms with E-state index in [2.05, 4.69) is 0 Å². The van der Waals surface area contributed by atoms with Crippen LogP contribution in [0.15, 0.2) is 0 Å². The first-order chi connectivity index (χ1) is 9.18. The Hall–Kier alpha value is 0.270. The molecule has 0 aromatic carbocycles. The minimum absolute atomic E-state index is 0.0968. The Balaban J connectivity index is 1.75. The zero-order valence-electron chi connectivity index (χ0n) is 12.3. The smallest absolute Gasteiger partial charge is 0.0964 e. The maximum absolute atomic E-state index is 10.5. The Kier molecular flexibility index (Phi) is 6.51. The number of thioether (sulfide) groups is 1. The van der Waals surface area contributed by atoms with Crippen LogP contribution in [0.25, 0.3) is 0 Å². The quantitative estimate of drug-likeness (QED) is 0.576. The van der Waals surface area contributed by atoms with Gasteiger partial charge in [-0.15, -0.1) is 11.8 Å². The van der Waals surface area contributed by atoms with Gasteiger partial charge < -0.3 is 10.2 Å². The van der Waals surface area contributed by atoms with Gasteiger partial charge in [0.25, 0.3) is 0 Å². The lowest BCUT2D eigenvalue weighted by Crippen LogP contribution is -2.37. The lowest BCUT2D eigenvalue weighted by atomic mass is 9.63. The Morgan fingerprint density at radius 2 is 1.79 bits per heavy atom. The summed E-state index contributed by atoms with van der Waals surface area (Å²) in [6, 6.07) is 0. The molecule has 2 nitrogen and oxygen atoms in total. The summed E-state index contributed by atoms with van der Waals surface area (Å²) in [5.74, 6) is 3.25. The van der Waals surface area contributed by atoms with Crippen LogP contribution in [0.3, 0.4) is 0 Å². The standard InChI is InChI=1S/C16H30O2S/c1-12(17)19-11-5-10-16(18)15-9-4-7-13-6-2-3-8-14(13)15/h12-18H,2-11H2,1H3. The van der Waals surface area contributed by atoms with Gasteiger partial charge in [-0.25, -0.2) is 0 Å². The van der Waals surface area contributed by atoms with Gasteiger partial charge in [-0.05, 0) is 56.1 Å². The van der Waals surface area contributed by atoms with Crippen molar-refractivity contribution in [1.29, 1.82) is 0 Å². The van der Waals surface area contributed by atoms with E-state index in [1.54, 1.807) is 11.8 Å². The van der Waals surface area contributed by atoms with E-state index in [4.69, 9.17) is 0 Å². The molecule has 0 heterocycles. The lowest BCUT2D eigenvalue weighted by molar-refractivity contribution is -0.000698. The van der Waals surface area contributed by atoms with Crippen LogP contribution < -0.4 is 0 Å². The van der Waals surface area contributed by atoms with Crippen LogP contribution in [-0.4, -0.2) is 27.5 Å². The van der Waals surface area contributed by atoms with Crippen LogP contribution in [0.4, 0.5) is 0 Å². The van der Waals surface area contributed by atoms with Gasteiger partial charge in [-0.1, -0.05) is 32.1 Å². The Labute approximate surface area is 122 Å². The monoisotopic (exact) mass is 286 g/mol. The van der Waals surface area contributed by atoms with Gasteiger partial charge in [0.05, 0.1) is 11.5 Å². The van der Waals surface area contributed by atoms with Crippen LogP contribution >= 0.6 is 11.8 Å². The van der Waals surface area contributed by atoms with Crippen molar-refractivity contribution in [3.63, 3.8) is 0 Å². The van der Waals surface area contributed by atoms with E-state index in [9.17, 15) is 10.2 Å². The highest BCUT2D eigenvalue weighted by Crippen LogP contribution is 2.45. The highest BCUT2D eigenvalue weighted by atomic mass is 32.2. The third-order valence-electron chi connectivity index (χ3n) is 5.13. The molecule has 5 atom stereocenters. The van der Waals surface area contributed by atoms with Gasteiger partial charge in [-0.3, -0.25) is 0 Å². The van der Waals surface area contributed by atoms with Crippen molar-refractivity contribution in [2.45, 2.75) is 76.3 Å². The molecule has 0 spiro atoms. The van der Waals surface area contributed by atoms with E-state index >= 15 is 0 Å². The molecule has 0 bridgehead atoms. The van der Waals surface area contributed by atoms with Crippen molar-refractivity contribution in [3.8, 4) is 0 Å². The topological polar surface area (TPSA) is 40.5 Å². The highest BCUT2D eigenvalue weighted by Gasteiger charge is 2.37. The zero-order chi connectivity index (χ0) is 13.7. The summed E-state index contributed by atoms with van der Waals surface area (Å²) in [5, 5.41) is 19.7. The molecule has 2 aliphatic rings. The normalized spacial score (nSPS) is 34.6. The molecule has 2 saturated carbocycles. The van der Waals surface area contributed by atoms with E-state index in [1.807, 2.05) is 6.92 Å². The molecule has 2 N–H and O–H groups in total. The molecule has 0 saturated heterocycles. The molecule has 0 amide bonds. The van der Waals surface area contributed by atoms with Crippen molar-refractivity contribution in [2.75, 3.05) is 5.75 Å². The third-order valence-corrected chi connectivity index (χ3v) is 6.13. The summed E-state index contributed by atoms with van der Waals surface area (Å²) in [4.78, 5) is 0. The molecular weight excluding hydrogens is 256 g/mol. The molecule has 5 unspecified atom stereocenters. The number of aliphatic hydroxyl groups excluding tert-OH is 2. The van der Waals surface area contributed by atoms with E-state index in [1.165, 1.54) is 44.9 Å². The summed E-state index contributed by atoms with van der Waals surface area (Å²) in [7, 11) is 0. The first-order valence-corrected chi connectivity index (χ1v) is 9.21. The van der Waals surface area contributed by atoms with Gasteiger partial charge in [-0.2, -0.15) is 0 Å². The number of hydrogen-bond donors (Lipinski definition) is 2. The van der Waals surface area contributed by atoms with Gasteiger partial charge in [0.2, 0.25) is 0 Å². The van der Waals surface area contributed by atoms with Gasteiger partial charge >= 0.3 is 0 Å². The SMILES string of the molecule is CC(O)SCCCC(O)C1CCCC2CCCCC21. The van der Waals surface area contributed by atoms with Crippen molar-refractivity contribution in [3.05, 3.63) is 0 Å². The van der Waals surface area contributed by atoms with Gasteiger partial charge in [0.1, 0.15) is 0 Å². The average molecular weight is 286 g/mol. The molecule has 112 valence electrons. The summed E-state index contributed by atoms with van der Waals surface area (Å²) in [5.41, 5.74) is -0.269. The van der Waals surface area contributed by atoms with Crippen LogP contribution in [0.1, 0.15) is 64.7 Å². The Bertz CT molecular complexity index is 255. The molecule has 2 aliphatic carbocycles. The predicted octanol–water partition coefficient (Wildman–Crippen LogP) is 3.81. The highest BCUT2D eigenvalue weighted by molar-refractivity contribution is 7.99. The van der Waals surface area contributed by atoms with Crippen LogP contribution in [-0.2, 0) is 0 Å². The second-order valence-corrected chi connectivity index (χ2v) is 7.91. The van der Waals surface area contributed by atoms with Gasteiger partial charge in [0, 0.05) is 0 Å². The summed E-state index contributed by atoms with van der Waals surface area (Å²) in [6.07, 6.45) is 11.4. The van der Waals surface area contributed by atoms with E-state index in [0.29, 0.717) is 5.92 Å². The second-order valence-electron chi connectivity index (χ2n) is 6.48. The zero-order valence-corrected chi connectivity index (χ0v) is 13.1. The molecule has 3 heteroatoms. The number of rotatable bonds is 6. The molecule has 0 aromatic heterocycles.